The molecule has 0 aliphatic rings. The first-order chi connectivity index (χ1) is 12.0. The van der Waals surface area contributed by atoms with Crippen molar-refractivity contribution in [3.63, 3.8) is 0 Å². The Balaban J connectivity index is 1.64. The number of ether oxygens (including phenoxy) is 1. The number of anilines is 1. The van der Waals surface area contributed by atoms with E-state index in [2.05, 4.69) is 26.2 Å². The molecule has 0 atom stereocenters. The van der Waals surface area contributed by atoms with Gasteiger partial charge in [0.25, 0.3) is 5.91 Å². The highest BCUT2D eigenvalue weighted by Gasteiger charge is 2.13. The number of nitrogens with zero attached hydrogens (tertiary/aromatic N) is 1. The molecule has 0 aliphatic carbocycles. The van der Waals surface area contributed by atoms with E-state index in [0.717, 1.165) is 10.0 Å². The van der Waals surface area contributed by atoms with Gasteiger partial charge in [-0.15, -0.1) is 0 Å². The SMILES string of the molecule is Cc1cccc(Cl)c1OCc1ccc(C(=O)Nc2ccc(Br)cn2)o1. The molecule has 3 rings (SSSR count). The van der Waals surface area contributed by atoms with E-state index in [-0.39, 0.29) is 18.3 Å². The van der Waals surface area contributed by atoms with E-state index < -0.39 is 0 Å². The van der Waals surface area contributed by atoms with E-state index in [1.807, 2.05) is 19.1 Å². The molecule has 1 N–H and O–H groups in total. The van der Waals surface area contributed by atoms with Crippen LogP contribution in [0.15, 0.2) is 57.6 Å². The number of nitrogens with one attached hydrogen (secondary N) is 1. The van der Waals surface area contributed by atoms with Gasteiger partial charge >= 0.3 is 0 Å². The van der Waals surface area contributed by atoms with Crippen molar-refractivity contribution in [2.24, 2.45) is 0 Å². The number of amides is 1. The molecule has 0 aliphatic heterocycles. The van der Waals surface area contributed by atoms with Crippen molar-refractivity contribution in [3.8, 4) is 5.75 Å². The number of benzene rings is 1. The van der Waals surface area contributed by atoms with Gasteiger partial charge < -0.3 is 14.5 Å². The largest absolute Gasteiger partial charge is 0.484 e. The number of rotatable bonds is 5. The zero-order chi connectivity index (χ0) is 17.8. The molecule has 0 saturated carbocycles. The molecule has 0 radical (unpaired) electrons. The average Bonchev–Trinajstić information content (AvgIpc) is 3.06. The van der Waals surface area contributed by atoms with Gasteiger partial charge in [0.15, 0.2) is 5.76 Å². The zero-order valence-corrected chi connectivity index (χ0v) is 15.6. The van der Waals surface area contributed by atoms with E-state index in [4.69, 9.17) is 20.8 Å². The second-order valence-corrected chi connectivity index (χ2v) is 6.58. The molecule has 0 fully saturated rings. The summed E-state index contributed by atoms with van der Waals surface area (Å²) >= 11 is 9.41. The third kappa shape index (κ3) is 4.41. The van der Waals surface area contributed by atoms with Gasteiger partial charge in [0.05, 0.1) is 5.02 Å². The second kappa shape index (κ2) is 7.72. The van der Waals surface area contributed by atoms with Gasteiger partial charge in [-0.1, -0.05) is 23.7 Å². The number of furan rings is 1. The average molecular weight is 422 g/mol. The number of hydrogen-bond acceptors (Lipinski definition) is 4. The topological polar surface area (TPSA) is 64.4 Å². The predicted molar refractivity (Wildman–Crippen MR) is 99.1 cm³/mol. The highest BCUT2D eigenvalue weighted by Crippen LogP contribution is 2.28. The highest BCUT2D eigenvalue weighted by molar-refractivity contribution is 9.10. The van der Waals surface area contributed by atoms with E-state index >= 15 is 0 Å². The van der Waals surface area contributed by atoms with Crippen molar-refractivity contribution in [1.82, 2.24) is 4.98 Å². The maximum atomic E-state index is 12.2. The summed E-state index contributed by atoms with van der Waals surface area (Å²) in [5.41, 5.74) is 0.929. The lowest BCUT2D eigenvalue weighted by molar-refractivity contribution is 0.0992. The van der Waals surface area contributed by atoms with Gasteiger partial charge in [0, 0.05) is 10.7 Å². The lowest BCUT2D eigenvalue weighted by Crippen LogP contribution is -2.11. The second-order valence-electron chi connectivity index (χ2n) is 5.26. The lowest BCUT2D eigenvalue weighted by Gasteiger charge is -2.09. The van der Waals surface area contributed by atoms with Crippen molar-refractivity contribution in [1.29, 1.82) is 0 Å². The van der Waals surface area contributed by atoms with Crippen LogP contribution >= 0.6 is 27.5 Å². The Bertz CT molecular complexity index is 873. The van der Waals surface area contributed by atoms with Gasteiger partial charge in [0.2, 0.25) is 0 Å². The number of carbonyl (C=O) groups excluding carboxylic acids is 1. The first-order valence-electron chi connectivity index (χ1n) is 7.42. The Morgan fingerprint density at radius 2 is 2.12 bits per heavy atom. The van der Waals surface area contributed by atoms with Gasteiger partial charge in [-0.3, -0.25) is 4.79 Å². The molecule has 1 aromatic carbocycles. The summed E-state index contributed by atoms with van der Waals surface area (Å²) in [7, 11) is 0. The van der Waals surface area contributed by atoms with E-state index in [9.17, 15) is 4.79 Å². The Morgan fingerprint density at radius 3 is 2.84 bits per heavy atom. The van der Waals surface area contributed by atoms with Gasteiger partial charge in [-0.05, 0) is 58.7 Å². The van der Waals surface area contributed by atoms with Crippen LogP contribution in [0.2, 0.25) is 5.02 Å². The molecule has 25 heavy (non-hydrogen) atoms. The maximum absolute atomic E-state index is 12.2. The van der Waals surface area contributed by atoms with Crippen molar-refractivity contribution in [2.45, 2.75) is 13.5 Å². The Morgan fingerprint density at radius 1 is 1.28 bits per heavy atom. The van der Waals surface area contributed by atoms with E-state index in [1.165, 1.54) is 0 Å². The van der Waals surface area contributed by atoms with Crippen LogP contribution in [0, 0.1) is 6.92 Å². The molecule has 0 saturated heterocycles. The number of pyridine rings is 1. The fourth-order valence-electron chi connectivity index (χ4n) is 2.15. The molecule has 0 bridgehead atoms. The lowest BCUT2D eigenvalue weighted by atomic mass is 10.2. The fraction of sp³-hybridized carbons (Fsp3) is 0.111. The monoisotopic (exact) mass is 420 g/mol. The van der Waals surface area contributed by atoms with Crippen LogP contribution in [0.3, 0.4) is 0 Å². The molecular weight excluding hydrogens is 408 g/mol. The summed E-state index contributed by atoms with van der Waals surface area (Å²) in [4.78, 5) is 16.3. The maximum Gasteiger partial charge on any atom is 0.292 e. The first-order valence-corrected chi connectivity index (χ1v) is 8.59. The molecule has 0 spiro atoms. The molecular formula is C18H14BrClN2O3. The molecule has 2 heterocycles. The Labute approximate surface area is 158 Å². The molecule has 128 valence electrons. The Hall–Kier alpha value is -2.31. The number of hydrogen-bond donors (Lipinski definition) is 1. The minimum atomic E-state index is -0.380. The summed E-state index contributed by atoms with van der Waals surface area (Å²) in [6.07, 6.45) is 1.60. The van der Waals surface area contributed by atoms with Crippen LogP contribution in [0.4, 0.5) is 5.82 Å². The summed E-state index contributed by atoms with van der Waals surface area (Å²) in [5, 5.41) is 3.20. The van der Waals surface area contributed by atoms with Crippen molar-refractivity contribution in [3.05, 3.63) is 75.2 Å². The number of para-hydroxylation sites is 1. The highest BCUT2D eigenvalue weighted by atomic mass is 79.9. The van der Waals surface area contributed by atoms with Crippen LogP contribution in [0.25, 0.3) is 0 Å². The van der Waals surface area contributed by atoms with Gasteiger partial charge in [-0.2, -0.15) is 0 Å². The first kappa shape index (κ1) is 17.5. The van der Waals surface area contributed by atoms with Crippen molar-refractivity contribution < 1.29 is 13.9 Å². The van der Waals surface area contributed by atoms with E-state index in [0.29, 0.717) is 22.4 Å². The number of aromatic nitrogens is 1. The van der Waals surface area contributed by atoms with Crippen molar-refractivity contribution in [2.75, 3.05) is 5.32 Å². The minimum absolute atomic E-state index is 0.175. The van der Waals surface area contributed by atoms with Crippen LogP contribution < -0.4 is 10.1 Å². The molecule has 0 unspecified atom stereocenters. The van der Waals surface area contributed by atoms with Gasteiger partial charge in [0.1, 0.15) is 23.9 Å². The summed E-state index contributed by atoms with van der Waals surface area (Å²) in [5.74, 6) is 1.36. The number of halogens is 2. The fourth-order valence-corrected chi connectivity index (χ4v) is 2.66. The molecule has 2 aromatic heterocycles. The molecule has 3 aromatic rings. The van der Waals surface area contributed by atoms with Crippen LogP contribution in [0.1, 0.15) is 21.9 Å². The van der Waals surface area contributed by atoms with Crippen molar-refractivity contribution >= 4 is 39.3 Å². The molecule has 7 heteroatoms. The quantitative estimate of drug-likeness (QED) is 0.612. The summed E-state index contributed by atoms with van der Waals surface area (Å²) < 4.78 is 12.1. The van der Waals surface area contributed by atoms with E-state index in [1.54, 1.807) is 36.5 Å². The third-order valence-electron chi connectivity index (χ3n) is 3.38. The standard InChI is InChI=1S/C18H14BrClN2O3/c1-11-3-2-4-14(20)17(11)24-10-13-6-7-15(25-13)18(23)22-16-8-5-12(19)9-21-16/h2-9H,10H2,1H3,(H,21,22,23). The number of carbonyl (C=O) groups is 1. The summed E-state index contributed by atoms with van der Waals surface area (Å²) in [6, 6.07) is 12.3. The van der Waals surface area contributed by atoms with Crippen LogP contribution in [0.5, 0.6) is 5.75 Å². The zero-order valence-electron chi connectivity index (χ0n) is 13.3. The van der Waals surface area contributed by atoms with Gasteiger partial charge in [-0.25, -0.2) is 4.98 Å². The molecule has 1 amide bonds. The van der Waals surface area contributed by atoms with Crippen LogP contribution in [-0.4, -0.2) is 10.9 Å². The van der Waals surface area contributed by atoms with Crippen LogP contribution in [-0.2, 0) is 6.61 Å². The predicted octanol–water partition coefficient (Wildman–Crippen LogP) is 5.23. The molecule has 5 nitrogen and oxygen atoms in total. The Kier molecular flexibility index (Phi) is 5.40. The minimum Gasteiger partial charge on any atom is -0.484 e. The summed E-state index contributed by atoms with van der Waals surface area (Å²) in [6.45, 7) is 2.09. The number of aryl methyl sites for hydroxylation is 1. The smallest absolute Gasteiger partial charge is 0.292 e. The third-order valence-corrected chi connectivity index (χ3v) is 4.14. The normalized spacial score (nSPS) is 10.5.